The molecule has 26 heavy (non-hydrogen) atoms. The van der Waals surface area contributed by atoms with E-state index in [0.29, 0.717) is 25.5 Å². The molecule has 1 heterocycles. The van der Waals surface area contributed by atoms with Crippen LogP contribution in [0.5, 0.6) is 0 Å². The number of hydrogen-bond donors (Lipinski definition) is 2. The molecule has 0 saturated heterocycles. The Balaban J connectivity index is 1.97. The van der Waals surface area contributed by atoms with Crippen molar-refractivity contribution in [3.63, 3.8) is 0 Å². The Hall–Kier alpha value is -2.13. The van der Waals surface area contributed by atoms with Crippen molar-refractivity contribution in [1.29, 1.82) is 0 Å². The molecule has 0 aliphatic rings. The van der Waals surface area contributed by atoms with Gasteiger partial charge in [0.25, 0.3) is 0 Å². The normalized spacial score (nSPS) is 13.1. The number of benzene rings is 1. The van der Waals surface area contributed by atoms with Crippen LogP contribution in [-0.2, 0) is 22.5 Å². The van der Waals surface area contributed by atoms with E-state index in [9.17, 15) is 18.0 Å². The zero-order valence-electron chi connectivity index (χ0n) is 14.8. The van der Waals surface area contributed by atoms with E-state index in [1.165, 1.54) is 0 Å². The molecule has 0 radical (unpaired) electrons. The average Bonchev–Trinajstić information content (AvgIpc) is 2.99. The van der Waals surface area contributed by atoms with Crippen molar-refractivity contribution < 1.29 is 22.7 Å². The third kappa shape index (κ3) is 5.70. The predicted octanol–water partition coefficient (Wildman–Crippen LogP) is 2.25. The number of carbonyl (C=O) groups excluding carboxylic acids is 1. The first-order valence-electron chi connectivity index (χ1n) is 8.33. The van der Waals surface area contributed by atoms with E-state index in [1.54, 1.807) is 4.90 Å². The molecule has 2 N–H and O–H groups in total. The first kappa shape index (κ1) is 20.2. The molecular weight excluding hydrogens is 349 g/mol. The van der Waals surface area contributed by atoms with E-state index in [0.717, 1.165) is 29.9 Å². The Labute approximate surface area is 149 Å². The van der Waals surface area contributed by atoms with Gasteiger partial charge in [0.2, 0.25) is 6.41 Å². The van der Waals surface area contributed by atoms with Crippen LogP contribution in [0.25, 0.3) is 11.0 Å². The molecule has 1 unspecified atom stereocenters. The average molecular weight is 372 g/mol. The van der Waals surface area contributed by atoms with Gasteiger partial charge in [0, 0.05) is 26.1 Å². The summed E-state index contributed by atoms with van der Waals surface area (Å²) in [6.07, 6.45) is -5.10. The zero-order chi connectivity index (χ0) is 19.2. The minimum absolute atomic E-state index is 0.0731. The molecule has 0 aliphatic heterocycles. The topological polar surface area (TPSA) is 70.2 Å². The molecule has 0 spiro atoms. The van der Waals surface area contributed by atoms with Crippen LogP contribution in [0.4, 0.5) is 13.2 Å². The zero-order valence-corrected chi connectivity index (χ0v) is 14.8. The summed E-state index contributed by atoms with van der Waals surface area (Å²) in [5.41, 5.74) is 2.44. The summed E-state index contributed by atoms with van der Waals surface area (Å²) in [6.45, 7) is 2.68. The number of imidazole rings is 1. The van der Waals surface area contributed by atoms with Gasteiger partial charge in [0.1, 0.15) is 5.82 Å². The fraction of sp³-hybridized carbons (Fsp3) is 0.529. The summed E-state index contributed by atoms with van der Waals surface area (Å²) in [5.74, 6) is 0.564. The van der Waals surface area contributed by atoms with Gasteiger partial charge in [-0.1, -0.05) is 6.07 Å². The highest BCUT2D eigenvalue weighted by Crippen LogP contribution is 2.22. The number of hydrogen-bond acceptors (Lipinski definition) is 4. The van der Waals surface area contributed by atoms with E-state index >= 15 is 0 Å². The van der Waals surface area contributed by atoms with E-state index in [4.69, 9.17) is 4.74 Å². The summed E-state index contributed by atoms with van der Waals surface area (Å²) in [5, 5.41) is 2.99. The monoisotopic (exact) mass is 372 g/mol. The number of ether oxygens (including phenoxy) is 1. The van der Waals surface area contributed by atoms with Crippen molar-refractivity contribution >= 4 is 17.4 Å². The molecule has 2 aromatic rings. The second-order valence-electron chi connectivity index (χ2n) is 6.02. The molecule has 2 rings (SSSR count). The fourth-order valence-electron chi connectivity index (χ4n) is 2.41. The van der Waals surface area contributed by atoms with Gasteiger partial charge < -0.3 is 19.9 Å². The Bertz CT molecular complexity index is 718. The van der Waals surface area contributed by atoms with Gasteiger partial charge in [-0.15, -0.1) is 0 Å². The number of alkyl halides is 3. The molecule has 9 heteroatoms. The van der Waals surface area contributed by atoms with Gasteiger partial charge in [0.05, 0.1) is 17.6 Å². The Morgan fingerprint density at radius 3 is 2.85 bits per heavy atom. The second kappa shape index (κ2) is 9.00. The maximum Gasteiger partial charge on any atom is 0.414 e. The first-order valence-corrected chi connectivity index (χ1v) is 8.33. The summed E-state index contributed by atoms with van der Waals surface area (Å²) in [4.78, 5) is 20.2. The van der Waals surface area contributed by atoms with E-state index in [2.05, 4.69) is 15.3 Å². The molecule has 1 amide bonds. The SMILES string of the molecule is CNCCN(C=O)Cc1ccc2nc(CCOC(C)C(F)(F)F)[nH]c2c1. The Morgan fingerprint density at radius 1 is 1.42 bits per heavy atom. The van der Waals surface area contributed by atoms with Crippen LogP contribution in [-0.4, -0.2) is 60.3 Å². The minimum atomic E-state index is -4.36. The molecular formula is C17H23F3N4O2. The smallest absolute Gasteiger partial charge is 0.369 e. The number of likely N-dealkylation sites (N-methyl/N-ethyl adjacent to an activating group) is 1. The van der Waals surface area contributed by atoms with Gasteiger partial charge >= 0.3 is 6.18 Å². The Kier molecular flexibility index (Phi) is 6.98. The van der Waals surface area contributed by atoms with Crippen LogP contribution in [0.3, 0.4) is 0 Å². The van der Waals surface area contributed by atoms with Gasteiger partial charge in [-0.25, -0.2) is 4.98 Å². The van der Waals surface area contributed by atoms with Crippen LogP contribution >= 0.6 is 0 Å². The molecule has 0 aliphatic carbocycles. The number of nitrogens with one attached hydrogen (secondary N) is 2. The van der Waals surface area contributed by atoms with Crippen LogP contribution < -0.4 is 5.32 Å². The number of halogens is 3. The molecule has 0 bridgehead atoms. The van der Waals surface area contributed by atoms with Crippen molar-refractivity contribution in [3.05, 3.63) is 29.6 Å². The van der Waals surface area contributed by atoms with Crippen molar-refractivity contribution in [2.45, 2.75) is 32.2 Å². The quantitative estimate of drug-likeness (QED) is 0.628. The number of nitrogens with zero attached hydrogens (tertiary/aromatic N) is 2. The van der Waals surface area contributed by atoms with Crippen LogP contribution in [0.2, 0.25) is 0 Å². The summed E-state index contributed by atoms with van der Waals surface area (Å²) in [6, 6.07) is 5.59. The van der Waals surface area contributed by atoms with Gasteiger partial charge in [-0.05, 0) is 31.7 Å². The number of aromatic nitrogens is 2. The summed E-state index contributed by atoms with van der Waals surface area (Å²) in [7, 11) is 1.82. The largest absolute Gasteiger partial charge is 0.414 e. The molecule has 1 aromatic carbocycles. The number of amides is 1. The highest BCUT2D eigenvalue weighted by molar-refractivity contribution is 5.76. The van der Waals surface area contributed by atoms with Gasteiger partial charge in [-0.2, -0.15) is 13.2 Å². The maximum absolute atomic E-state index is 12.4. The van der Waals surface area contributed by atoms with Gasteiger partial charge in [0.15, 0.2) is 6.10 Å². The molecule has 0 fully saturated rings. The number of fused-ring (bicyclic) bond motifs is 1. The molecule has 1 aromatic heterocycles. The van der Waals surface area contributed by atoms with Crippen molar-refractivity contribution in [2.24, 2.45) is 0 Å². The lowest BCUT2D eigenvalue weighted by molar-refractivity contribution is -0.213. The number of rotatable bonds is 10. The molecule has 6 nitrogen and oxygen atoms in total. The van der Waals surface area contributed by atoms with E-state index in [1.807, 2.05) is 25.2 Å². The predicted molar refractivity (Wildman–Crippen MR) is 91.7 cm³/mol. The number of carbonyl (C=O) groups is 1. The standard InChI is InChI=1S/C17H23F3N4O2/c1-12(17(18,19)20)26-8-5-16-22-14-4-3-13(9-15(14)23-16)10-24(11-25)7-6-21-2/h3-4,9,11-12,21H,5-8,10H2,1-2H3,(H,22,23). The van der Waals surface area contributed by atoms with Crippen LogP contribution in [0.1, 0.15) is 18.3 Å². The highest BCUT2D eigenvalue weighted by atomic mass is 19.4. The lowest BCUT2D eigenvalue weighted by Gasteiger charge is -2.16. The van der Waals surface area contributed by atoms with E-state index < -0.39 is 12.3 Å². The maximum atomic E-state index is 12.4. The summed E-state index contributed by atoms with van der Waals surface area (Å²) >= 11 is 0. The highest BCUT2D eigenvalue weighted by Gasteiger charge is 2.36. The van der Waals surface area contributed by atoms with Crippen LogP contribution in [0.15, 0.2) is 18.2 Å². The van der Waals surface area contributed by atoms with Crippen molar-refractivity contribution in [1.82, 2.24) is 20.2 Å². The third-order valence-electron chi connectivity index (χ3n) is 3.95. The van der Waals surface area contributed by atoms with Crippen molar-refractivity contribution in [3.8, 4) is 0 Å². The van der Waals surface area contributed by atoms with E-state index in [-0.39, 0.29) is 13.0 Å². The first-order chi connectivity index (χ1) is 12.3. The molecule has 144 valence electrons. The lowest BCUT2D eigenvalue weighted by atomic mass is 10.2. The number of aromatic amines is 1. The second-order valence-corrected chi connectivity index (χ2v) is 6.02. The van der Waals surface area contributed by atoms with Gasteiger partial charge in [-0.3, -0.25) is 4.79 Å². The third-order valence-corrected chi connectivity index (χ3v) is 3.95. The lowest BCUT2D eigenvalue weighted by Crippen LogP contribution is -2.29. The summed E-state index contributed by atoms with van der Waals surface area (Å²) < 4.78 is 42.0. The fourth-order valence-corrected chi connectivity index (χ4v) is 2.41. The van der Waals surface area contributed by atoms with Crippen molar-refractivity contribution in [2.75, 3.05) is 26.7 Å². The molecule has 0 saturated carbocycles. The van der Waals surface area contributed by atoms with Crippen LogP contribution in [0, 0.1) is 0 Å². The minimum Gasteiger partial charge on any atom is -0.369 e. The number of H-pyrrole nitrogens is 1. The molecule has 1 atom stereocenters. The Morgan fingerprint density at radius 2 is 2.19 bits per heavy atom.